The van der Waals surface area contributed by atoms with Gasteiger partial charge < -0.3 is 14.4 Å². The molecular weight excluding hydrogens is 370 g/mol. The Kier molecular flexibility index (Phi) is 5.30. The molecule has 2 heterocycles. The molecule has 0 bridgehead atoms. The van der Waals surface area contributed by atoms with Crippen LogP contribution in [0, 0.1) is 11.8 Å². The van der Waals surface area contributed by atoms with E-state index in [0.717, 1.165) is 24.2 Å². The zero-order chi connectivity index (χ0) is 20.5. The Morgan fingerprint density at radius 1 is 1.17 bits per heavy atom. The summed E-state index contributed by atoms with van der Waals surface area (Å²) in [4.78, 5) is 27.1. The number of carbonyl (C=O) groups is 1. The lowest BCUT2D eigenvalue weighted by Gasteiger charge is -2.41. The van der Waals surface area contributed by atoms with E-state index < -0.39 is 0 Å². The van der Waals surface area contributed by atoms with Crippen molar-refractivity contribution < 1.29 is 14.3 Å². The molecule has 1 aliphatic heterocycles. The number of aromatic nitrogens is 2. The fourth-order valence-electron chi connectivity index (χ4n) is 4.33. The molecule has 2 aromatic rings. The lowest BCUT2D eigenvalue weighted by atomic mass is 9.77. The fourth-order valence-corrected chi connectivity index (χ4v) is 4.33. The predicted molar refractivity (Wildman–Crippen MR) is 108 cm³/mol. The van der Waals surface area contributed by atoms with Gasteiger partial charge in [0.15, 0.2) is 11.5 Å². The van der Waals surface area contributed by atoms with Gasteiger partial charge in [0.1, 0.15) is 5.69 Å². The Hall–Kier alpha value is -2.83. The van der Waals surface area contributed by atoms with Crippen LogP contribution in [0.4, 0.5) is 0 Å². The fraction of sp³-hybridized carbons (Fsp3) is 0.500. The average Bonchev–Trinajstić information content (AvgIpc) is 3.18. The van der Waals surface area contributed by atoms with Crippen LogP contribution in [0.2, 0.25) is 0 Å². The van der Waals surface area contributed by atoms with Gasteiger partial charge in [-0.2, -0.15) is 5.10 Å². The van der Waals surface area contributed by atoms with Crippen molar-refractivity contribution in [2.45, 2.75) is 45.7 Å². The molecule has 0 unspecified atom stereocenters. The Bertz CT molecular complexity index is 971. The van der Waals surface area contributed by atoms with E-state index in [0.29, 0.717) is 29.8 Å². The molecule has 1 aromatic heterocycles. The molecule has 1 amide bonds. The molecular formula is C22H27N3O4. The van der Waals surface area contributed by atoms with E-state index in [9.17, 15) is 9.59 Å². The second kappa shape index (κ2) is 7.89. The normalized spacial score (nSPS) is 23.1. The highest BCUT2D eigenvalue weighted by Crippen LogP contribution is 2.36. The van der Waals surface area contributed by atoms with Crippen molar-refractivity contribution in [1.29, 1.82) is 0 Å². The average molecular weight is 397 g/mol. The van der Waals surface area contributed by atoms with Crippen LogP contribution in [0.1, 0.15) is 49.2 Å². The van der Waals surface area contributed by atoms with E-state index in [1.807, 2.05) is 23.1 Å². The van der Waals surface area contributed by atoms with Crippen molar-refractivity contribution in [2.24, 2.45) is 18.9 Å². The first-order valence-corrected chi connectivity index (χ1v) is 10.2. The van der Waals surface area contributed by atoms with Crippen molar-refractivity contribution in [3.63, 3.8) is 0 Å². The number of hydrogen-bond acceptors (Lipinski definition) is 5. The minimum absolute atomic E-state index is 0.121. The van der Waals surface area contributed by atoms with Gasteiger partial charge in [0.25, 0.3) is 11.5 Å². The number of ether oxygens (including phenoxy) is 2. The smallest absolute Gasteiger partial charge is 0.274 e. The molecule has 1 aromatic carbocycles. The van der Waals surface area contributed by atoms with E-state index in [1.54, 1.807) is 7.05 Å². The number of nitrogens with zero attached hydrogens (tertiary/aromatic N) is 3. The van der Waals surface area contributed by atoms with Crippen LogP contribution in [0.5, 0.6) is 11.5 Å². The number of carbonyl (C=O) groups excluding carboxylic acids is 1. The summed E-state index contributed by atoms with van der Waals surface area (Å²) in [5, 5.41) is 4.20. The summed E-state index contributed by atoms with van der Waals surface area (Å²) < 4.78 is 12.1. The summed E-state index contributed by atoms with van der Waals surface area (Å²) in [5.74, 6) is 2.22. The van der Waals surface area contributed by atoms with Crippen LogP contribution in [0.3, 0.4) is 0 Å². The molecule has 1 saturated carbocycles. The zero-order valence-electron chi connectivity index (χ0n) is 17.1. The van der Waals surface area contributed by atoms with Gasteiger partial charge in [-0.25, -0.2) is 4.68 Å². The lowest BCUT2D eigenvalue weighted by Crippen LogP contribution is -2.47. The van der Waals surface area contributed by atoms with Crippen molar-refractivity contribution in [3.05, 3.63) is 51.9 Å². The molecule has 0 radical (unpaired) electrons. The van der Waals surface area contributed by atoms with E-state index in [1.165, 1.54) is 23.2 Å². The minimum atomic E-state index is -0.233. The third kappa shape index (κ3) is 3.86. The summed E-state index contributed by atoms with van der Waals surface area (Å²) >= 11 is 0. The van der Waals surface area contributed by atoms with Gasteiger partial charge in [-0.15, -0.1) is 0 Å². The molecule has 29 heavy (non-hydrogen) atoms. The van der Waals surface area contributed by atoms with Crippen LogP contribution in [0.15, 0.2) is 35.1 Å². The maximum absolute atomic E-state index is 13.5. The molecule has 7 heteroatoms. The Morgan fingerprint density at radius 3 is 2.76 bits per heavy atom. The second-order valence-corrected chi connectivity index (χ2v) is 8.14. The lowest BCUT2D eigenvalue weighted by molar-refractivity contribution is 0.0441. The summed E-state index contributed by atoms with van der Waals surface area (Å²) in [6.45, 7) is 5.16. The first-order chi connectivity index (χ1) is 13.9. The number of hydrogen-bond donors (Lipinski definition) is 0. The van der Waals surface area contributed by atoms with Gasteiger partial charge >= 0.3 is 0 Å². The Balaban J connectivity index is 1.67. The molecule has 1 fully saturated rings. The first-order valence-electron chi connectivity index (χ1n) is 10.2. The van der Waals surface area contributed by atoms with Crippen LogP contribution >= 0.6 is 0 Å². The summed E-state index contributed by atoms with van der Waals surface area (Å²) in [6.07, 6.45) is 3.25. The standard InChI is InChI=1S/C22H27N3O4/c1-14-5-4-6-18(15(14)2)25(22(27)17-8-10-21(26)24(3)23-17)12-16-7-9-19-20(11-16)29-13-28-19/h7-11,14-15,18H,4-6,12-13H2,1-3H3/t14-,15-,18+/m1/s1. The topological polar surface area (TPSA) is 73.7 Å². The van der Waals surface area contributed by atoms with Gasteiger partial charge in [-0.05, 0) is 42.0 Å². The van der Waals surface area contributed by atoms with E-state index in [2.05, 4.69) is 18.9 Å². The van der Waals surface area contributed by atoms with Crippen LogP contribution in [-0.4, -0.2) is 33.4 Å². The third-order valence-corrected chi connectivity index (χ3v) is 6.29. The maximum atomic E-state index is 13.5. The molecule has 2 aliphatic rings. The maximum Gasteiger partial charge on any atom is 0.274 e. The highest BCUT2D eigenvalue weighted by molar-refractivity contribution is 5.92. The first kappa shape index (κ1) is 19.5. The highest BCUT2D eigenvalue weighted by Gasteiger charge is 2.35. The largest absolute Gasteiger partial charge is 0.454 e. The van der Waals surface area contributed by atoms with Gasteiger partial charge in [0.05, 0.1) is 0 Å². The van der Waals surface area contributed by atoms with Crippen LogP contribution in [0.25, 0.3) is 0 Å². The molecule has 0 spiro atoms. The van der Waals surface area contributed by atoms with Gasteiger partial charge in [-0.3, -0.25) is 9.59 Å². The molecule has 154 valence electrons. The second-order valence-electron chi connectivity index (χ2n) is 8.14. The van der Waals surface area contributed by atoms with Crippen LogP contribution < -0.4 is 15.0 Å². The number of fused-ring (bicyclic) bond motifs is 1. The molecule has 0 saturated heterocycles. The summed E-state index contributed by atoms with van der Waals surface area (Å²) in [5.41, 5.74) is 1.04. The SMILES string of the molecule is C[C@@H]1[C@H](C)CCC[C@@H]1N(Cc1ccc2c(c1)OCO2)C(=O)c1ccc(=O)n(C)n1. The van der Waals surface area contributed by atoms with Crippen LogP contribution in [-0.2, 0) is 13.6 Å². The number of amides is 1. The van der Waals surface area contributed by atoms with Gasteiger partial charge in [0.2, 0.25) is 6.79 Å². The van der Waals surface area contributed by atoms with E-state index in [4.69, 9.17) is 9.47 Å². The minimum Gasteiger partial charge on any atom is -0.454 e. The molecule has 7 nitrogen and oxygen atoms in total. The van der Waals surface area contributed by atoms with E-state index in [-0.39, 0.29) is 24.3 Å². The van der Waals surface area contributed by atoms with Gasteiger partial charge in [-0.1, -0.05) is 32.8 Å². The third-order valence-electron chi connectivity index (χ3n) is 6.29. The molecule has 1 aliphatic carbocycles. The number of benzene rings is 1. The Labute approximate surface area is 170 Å². The highest BCUT2D eigenvalue weighted by atomic mass is 16.7. The number of aryl methyl sites for hydroxylation is 1. The summed E-state index contributed by atoms with van der Waals surface area (Å²) in [6, 6.07) is 8.83. The Morgan fingerprint density at radius 2 is 1.97 bits per heavy atom. The van der Waals surface area contributed by atoms with E-state index >= 15 is 0 Å². The summed E-state index contributed by atoms with van der Waals surface area (Å²) in [7, 11) is 1.56. The van der Waals surface area contributed by atoms with Crippen molar-refractivity contribution in [3.8, 4) is 11.5 Å². The molecule has 4 rings (SSSR count). The molecule has 3 atom stereocenters. The number of rotatable bonds is 4. The predicted octanol–water partition coefficient (Wildman–Crippen LogP) is 2.98. The quantitative estimate of drug-likeness (QED) is 0.793. The van der Waals surface area contributed by atoms with Gasteiger partial charge in [0, 0.05) is 25.7 Å². The van der Waals surface area contributed by atoms with Crippen molar-refractivity contribution >= 4 is 5.91 Å². The van der Waals surface area contributed by atoms with Crippen molar-refractivity contribution in [2.75, 3.05) is 6.79 Å². The van der Waals surface area contributed by atoms with Crippen molar-refractivity contribution in [1.82, 2.24) is 14.7 Å². The monoisotopic (exact) mass is 397 g/mol. The zero-order valence-corrected chi connectivity index (χ0v) is 17.1. The molecule has 0 N–H and O–H groups in total.